The number of ether oxygens (including phenoxy) is 1. The molecule has 98 valence electrons. The van der Waals surface area contributed by atoms with Crippen LogP contribution in [0.25, 0.3) is 0 Å². The van der Waals surface area contributed by atoms with E-state index in [1.165, 1.54) is 0 Å². The van der Waals surface area contributed by atoms with E-state index in [1.54, 1.807) is 6.07 Å². The van der Waals surface area contributed by atoms with Crippen molar-refractivity contribution in [1.29, 1.82) is 0 Å². The van der Waals surface area contributed by atoms with E-state index in [1.807, 2.05) is 18.2 Å². The highest BCUT2D eigenvalue weighted by molar-refractivity contribution is 5.92. The molecule has 1 aromatic carbocycles. The molecule has 2 unspecified atom stereocenters. The summed E-state index contributed by atoms with van der Waals surface area (Å²) in [4.78, 5) is 11.1. The number of carbonyl (C=O) groups is 1. The van der Waals surface area contributed by atoms with Gasteiger partial charge in [-0.15, -0.1) is 0 Å². The van der Waals surface area contributed by atoms with Crippen molar-refractivity contribution in [3.05, 3.63) is 35.4 Å². The van der Waals surface area contributed by atoms with Crippen molar-refractivity contribution in [3.8, 4) is 0 Å². The fraction of sp³-hybridized carbons (Fsp3) is 0.500. The van der Waals surface area contributed by atoms with E-state index in [2.05, 4.69) is 12.2 Å². The smallest absolute Gasteiger partial charge is 0.248 e. The minimum atomic E-state index is -0.380. The quantitative estimate of drug-likeness (QED) is 0.825. The first-order valence-electron chi connectivity index (χ1n) is 6.36. The van der Waals surface area contributed by atoms with Crippen LogP contribution in [0, 0.1) is 5.92 Å². The van der Waals surface area contributed by atoms with Crippen molar-refractivity contribution in [2.45, 2.75) is 25.9 Å². The summed E-state index contributed by atoms with van der Waals surface area (Å²) >= 11 is 0. The lowest BCUT2D eigenvalue weighted by Gasteiger charge is -2.19. The molecule has 0 aliphatic carbocycles. The van der Waals surface area contributed by atoms with Crippen LogP contribution in [0.5, 0.6) is 0 Å². The largest absolute Gasteiger partial charge is 0.381 e. The minimum Gasteiger partial charge on any atom is -0.381 e. The third-order valence-electron chi connectivity index (χ3n) is 3.51. The monoisotopic (exact) mass is 248 g/mol. The fourth-order valence-electron chi connectivity index (χ4n) is 2.23. The molecule has 0 saturated carbocycles. The van der Waals surface area contributed by atoms with Gasteiger partial charge in [0.15, 0.2) is 0 Å². The number of nitrogens with two attached hydrogens (primary N) is 1. The highest BCUT2D eigenvalue weighted by atomic mass is 16.5. The summed E-state index contributed by atoms with van der Waals surface area (Å²) in [6.45, 7) is 4.64. The summed E-state index contributed by atoms with van der Waals surface area (Å²) < 4.78 is 5.38. The summed E-state index contributed by atoms with van der Waals surface area (Å²) in [5, 5.41) is 3.47. The Labute approximate surface area is 108 Å². The predicted molar refractivity (Wildman–Crippen MR) is 70.2 cm³/mol. The molecule has 2 rings (SSSR count). The van der Waals surface area contributed by atoms with Gasteiger partial charge in [-0.05, 0) is 37.0 Å². The molecule has 18 heavy (non-hydrogen) atoms. The maximum absolute atomic E-state index is 11.1. The molecule has 0 spiro atoms. The summed E-state index contributed by atoms with van der Waals surface area (Å²) in [7, 11) is 0. The maximum Gasteiger partial charge on any atom is 0.248 e. The molecule has 3 N–H and O–H groups in total. The number of amides is 1. The Hall–Kier alpha value is -1.39. The molecule has 1 fully saturated rings. The van der Waals surface area contributed by atoms with E-state index in [9.17, 15) is 4.79 Å². The Balaban J connectivity index is 1.89. The van der Waals surface area contributed by atoms with Crippen molar-refractivity contribution in [2.75, 3.05) is 13.2 Å². The van der Waals surface area contributed by atoms with Gasteiger partial charge < -0.3 is 15.8 Å². The molecule has 1 heterocycles. The van der Waals surface area contributed by atoms with Crippen molar-refractivity contribution in [2.24, 2.45) is 11.7 Å². The van der Waals surface area contributed by atoms with Gasteiger partial charge in [-0.3, -0.25) is 4.79 Å². The summed E-state index contributed by atoms with van der Waals surface area (Å²) in [5.41, 5.74) is 6.90. The second kappa shape index (κ2) is 5.98. The Morgan fingerprint density at radius 3 is 3.11 bits per heavy atom. The average molecular weight is 248 g/mol. The van der Waals surface area contributed by atoms with E-state index < -0.39 is 0 Å². The van der Waals surface area contributed by atoms with Gasteiger partial charge in [0.05, 0.1) is 6.61 Å². The molecule has 1 saturated heterocycles. The van der Waals surface area contributed by atoms with E-state index in [4.69, 9.17) is 10.5 Å². The number of nitrogens with one attached hydrogen (secondary N) is 1. The molecule has 1 amide bonds. The van der Waals surface area contributed by atoms with Crippen LogP contribution < -0.4 is 11.1 Å². The van der Waals surface area contributed by atoms with Crippen LogP contribution >= 0.6 is 0 Å². The van der Waals surface area contributed by atoms with Gasteiger partial charge >= 0.3 is 0 Å². The van der Waals surface area contributed by atoms with Gasteiger partial charge in [-0.25, -0.2) is 0 Å². The van der Waals surface area contributed by atoms with Crippen LogP contribution in [0.2, 0.25) is 0 Å². The van der Waals surface area contributed by atoms with Crippen LogP contribution in [0.15, 0.2) is 24.3 Å². The minimum absolute atomic E-state index is 0.380. The first kappa shape index (κ1) is 13.1. The van der Waals surface area contributed by atoms with E-state index >= 15 is 0 Å². The van der Waals surface area contributed by atoms with Crippen LogP contribution in [-0.4, -0.2) is 25.2 Å². The topological polar surface area (TPSA) is 64.3 Å². The van der Waals surface area contributed by atoms with Crippen LogP contribution in [0.4, 0.5) is 0 Å². The van der Waals surface area contributed by atoms with Crippen molar-refractivity contribution < 1.29 is 9.53 Å². The van der Waals surface area contributed by atoms with Crippen molar-refractivity contribution in [3.63, 3.8) is 0 Å². The normalized spacial score (nSPS) is 20.8. The molecule has 1 aliphatic heterocycles. The molecule has 4 nitrogen and oxygen atoms in total. The number of benzene rings is 1. The average Bonchev–Trinajstić information content (AvgIpc) is 2.90. The number of primary amides is 1. The van der Waals surface area contributed by atoms with Gasteiger partial charge in [0.1, 0.15) is 0 Å². The maximum atomic E-state index is 11.1. The molecule has 1 aromatic rings. The number of hydrogen-bond donors (Lipinski definition) is 2. The first-order valence-corrected chi connectivity index (χ1v) is 6.36. The standard InChI is InChI=1S/C14H20N2O2/c1-10(13-5-6-18-9-13)16-8-11-3-2-4-12(7-11)14(15)17/h2-4,7,10,13,16H,5-6,8-9H2,1H3,(H2,15,17). The van der Waals surface area contributed by atoms with E-state index in [0.29, 0.717) is 17.5 Å². The molecule has 0 aromatic heterocycles. The summed E-state index contributed by atoms with van der Waals surface area (Å²) in [6.07, 6.45) is 1.12. The van der Waals surface area contributed by atoms with Gasteiger partial charge in [0, 0.05) is 24.8 Å². The van der Waals surface area contributed by atoms with Gasteiger partial charge in [0.2, 0.25) is 5.91 Å². The number of carbonyl (C=O) groups excluding carboxylic acids is 1. The van der Waals surface area contributed by atoms with Gasteiger partial charge in [-0.1, -0.05) is 12.1 Å². The van der Waals surface area contributed by atoms with Crippen LogP contribution in [0.1, 0.15) is 29.3 Å². The third-order valence-corrected chi connectivity index (χ3v) is 3.51. The van der Waals surface area contributed by atoms with E-state index in [0.717, 1.165) is 31.7 Å². The van der Waals surface area contributed by atoms with Crippen LogP contribution in [-0.2, 0) is 11.3 Å². The fourth-order valence-corrected chi connectivity index (χ4v) is 2.23. The summed E-state index contributed by atoms with van der Waals surface area (Å²) in [6, 6.07) is 7.86. The zero-order valence-corrected chi connectivity index (χ0v) is 10.7. The lowest BCUT2D eigenvalue weighted by Crippen LogP contribution is -2.33. The lowest BCUT2D eigenvalue weighted by atomic mass is 10.0. The Morgan fingerprint density at radius 1 is 1.61 bits per heavy atom. The lowest BCUT2D eigenvalue weighted by molar-refractivity contribution is 0.1000. The van der Waals surface area contributed by atoms with E-state index in [-0.39, 0.29) is 5.91 Å². The molecular formula is C14H20N2O2. The van der Waals surface area contributed by atoms with Gasteiger partial charge in [0.25, 0.3) is 0 Å². The number of hydrogen-bond acceptors (Lipinski definition) is 3. The molecular weight excluding hydrogens is 228 g/mol. The Bertz CT molecular complexity index is 414. The predicted octanol–water partition coefficient (Wildman–Crippen LogP) is 1.30. The zero-order valence-electron chi connectivity index (χ0n) is 10.7. The highest BCUT2D eigenvalue weighted by Gasteiger charge is 2.21. The summed E-state index contributed by atoms with van der Waals surface area (Å²) in [5.74, 6) is 0.207. The number of rotatable bonds is 5. The second-order valence-electron chi connectivity index (χ2n) is 4.86. The zero-order chi connectivity index (χ0) is 13.0. The Morgan fingerprint density at radius 2 is 2.44 bits per heavy atom. The van der Waals surface area contributed by atoms with Crippen molar-refractivity contribution in [1.82, 2.24) is 5.32 Å². The molecule has 4 heteroatoms. The highest BCUT2D eigenvalue weighted by Crippen LogP contribution is 2.16. The van der Waals surface area contributed by atoms with Crippen molar-refractivity contribution >= 4 is 5.91 Å². The second-order valence-corrected chi connectivity index (χ2v) is 4.86. The third kappa shape index (κ3) is 3.31. The van der Waals surface area contributed by atoms with Gasteiger partial charge in [-0.2, -0.15) is 0 Å². The molecule has 0 radical (unpaired) electrons. The molecule has 2 atom stereocenters. The molecule has 1 aliphatic rings. The van der Waals surface area contributed by atoms with Crippen LogP contribution in [0.3, 0.4) is 0 Å². The SMILES string of the molecule is CC(NCc1cccc(C(N)=O)c1)C1CCOC1. The first-order chi connectivity index (χ1) is 8.66. The molecule has 0 bridgehead atoms. The Kier molecular flexibility index (Phi) is 4.33.